The predicted octanol–water partition coefficient (Wildman–Crippen LogP) is 4.35. The molecule has 1 saturated carbocycles. The van der Waals surface area contributed by atoms with Crippen LogP contribution in [0.2, 0.25) is 5.02 Å². The number of anilines is 1. The number of aromatic amines is 1. The van der Waals surface area contributed by atoms with Gasteiger partial charge in [0.05, 0.1) is 23.7 Å². The first-order chi connectivity index (χ1) is 13.9. The maximum Gasteiger partial charge on any atom is 0.311 e. The van der Waals surface area contributed by atoms with Crippen molar-refractivity contribution in [1.29, 1.82) is 0 Å². The molecule has 7 nitrogen and oxygen atoms in total. The molecule has 9 heteroatoms. The highest BCUT2D eigenvalue weighted by atomic mass is 35.5. The predicted molar refractivity (Wildman–Crippen MR) is 108 cm³/mol. The third kappa shape index (κ3) is 3.76. The van der Waals surface area contributed by atoms with Gasteiger partial charge in [-0.25, -0.2) is 19.3 Å². The van der Waals surface area contributed by atoms with Crippen LogP contribution in [0.15, 0.2) is 24.7 Å². The Morgan fingerprint density at radius 3 is 3.03 bits per heavy atom. The van der Waals surface area contributed by atoms with E-state index in [2.05, 4.69) is 25.3 Å². The molecule has 1 aliphatic carbocycles. The lowest BCUT2D eigenvalue weighted by Crippen LogP contribution is -2.39. The number of nitrogens with zero attached hydrogens (tertiary/aromatic N) is 3. The molecule has 0 radical (unpaired) electrons. The Balaban J connectivity index is 1.62. The van der Waals surface area contributed by atoms with Crippen LogP contribution in [-0.4, -0.2) is 39.1 Å². The van der Waals surface area contributed by atoms with Gasteiger partial charge in [-0.05, 0) is 32.3 Å². The maximum absolute atomic E-state index is 14.4. The molecule has 2 atom stereocenters. The number of H-pyrrole nitrogens is 1. The van der Waals surface area contributed by atoms with Crippen LogP contribution in [0, 0.1) is 11.2 Å². The van der Waals surface area contributed by atoms with Gasteiger partial charge in [0.15, 0.2) is 17.5 Å². The molecule has 0 spiro atoms. The molecule has 1 aliphatic rings. The molecule has 4 rings (SSSR count). The fourth-order valence-corrected chi connectivity index (χ4v) is 4.15. The number of ether oxygens (including phenoxy) is 1. The third-order valence-electron chi connectivity index (χ3n) is 5.48. The van der Waals surface area contributed by atoms with Crippen molar-refractivity contribution in [2.24, 2.45) is 5.41 Å². The molecule has 0 amide bonds. The fraction of sp³-hybridized carbons (Fsp3) is 0.400. The number of carbonyl (C=O) groups is 1. The summed E-state index contributed by atoms with van der Waals surface area (Å²) in [6.07, 6.45) is 7.37. The molecule has 3 aromatic rings. The highest BCUT2D eigenvalue weighted by Crippen LogP contribution is 2.38. The van der Waals surface area contributed by atoms with Gasteiger partial charge in [-0.2, -0.15) is 0 Å². The van der Waals surface area contributed by atoms with Crippen LogP contribution in [0.4, 0.5) is 10.2 Å². The number of fused-ring (bicyclic) bond motifs is 1. The van der Waals surface area contributed by atoms with Crippen LogP contribution in [0.5, 0.6) is 0 Å². The summed E-state index contributed by atoms with van der Waals surface area (Å²) < 4.78 is 19.4. The lowest BCUT2D eigenvalue weighted by atomic mass is 9.73. The van der Waals surface area contributed by atoms with E-state index in [0.29, 0.717) is 28.5 Å². The molecule has 2 unspecified atom stereocenters. The Kier molecular flexibility index (Phi) is 5.12. The number of nitrogens with one attached hydrogen (secondary N) is 2. The molecule has 0 aliphatic heterocycles. The summed E-state index contributed by atoms with van der Waals surface area (Å²) in [5.74, 6) is -0.319. The molecule has 1 fully saturated rings. The third-order valence-corrected chi connectivity index (χ3v) is 5.69. The summed E-state index contributed by atoms with van der Waals surface area (Å²) in [6.45, 7) is 1.89. The lowest BCUT2D eigenvalue weighted by Gasteiger charge is -2.36. The minimum absolute atomic E-state index is 0.0934. The second-order valence-corrected chi connectivity index (χ2v) is 8.07. The van der Waals surface area contributed by atoms with Crippen LogP contribution in [-0.2, 0) is 9.53 Å². The number of rotatable bonds is 4. The minimum Gasteiger partial charge on any atom is -0.469 e. The Labute approximate surface area is 172 Å². The van der Waals surface area contributed by atoms with E-state index in [9.17, 15) is 9.18 Å². The van der Waals surface area contributed by atoms with E-state index in [0.717, 1.165) is 30.8 Å². The summed E-state index contributed by atoms with van der Waals surface area (Å²) >= 11 is 6.06. The van der Waals surface area contributed by atoms with E-state index in [1.54, 1.807) is 18.5 Å². The van der Waals surface area contributed by atoms with Gasteiger partial charge >= 0.3 is 5.97 Å². The molecular formula is C20H21ClFN5O2. The van der Waals surface area contributed by atoms with Crippen LogP contribution in [0.1, 0.15) is 32.6 Å². The second-order valence-electron chi connectivity index (χ2n) is 7.63. The number of pyridine rings is 1. The Hall–Kier alpha value is -2.74. The number of carbonyl (C=O) groups excluding carboxylic acids is 1. The molecule has 3 aromatic heterocycles. The van der Waals surface area contributed by atoms with Gasteiger partial charge in [0.2, 0.25) is 0 Å². The number of hydrogen-bond donors (Lipinski definition) is 2. The van der Waals surface area contributed by atoms with Crippen molar-refractivity contribution in [3.63, 3.8) is 0 Å². The quantitative estimate of drug-likeness (QED) is 0.613. The van der Waals surface area contributed by atoms with Crippen molar-refractivity contribution >= 4 is 34.4 Å². The van der Waals surface area contributed by atoms with Gasteiger partial charge in [-0.3, -0.25) is 4.79 Å². The van der Waals surface area contributed by atoms with Crippen molar-refractivity contribution in [2.75, 3.05) is 12.4 Å². The zero-order valence-corrected chi connectivity index (χ0v) is 16.9. The summed E-state index contributed by atoms with van der Waals surface area (Å²) in [7, 11) is 1.39. The summed E-state index contributed by atoms with van der Waals surface area (Å²) in [6, 6.07) is 1.67. The van der Waals surface area contributed by atoms with Crippen molar-refractivity contribution in [3.8, 4) is 11.4 Å². The van der Waals surface area contributed by atoms with Crippen LogP contribution in [0.3, 0.4) is 0 Å². The van der Waals surface area contributed by atoms with E-state index in [-0.39, 0.29) is 17.8 Å². The number of esters is 1. The topological polar surface area (TPSA) is 92.8 Å². The Morgan fingerprint density at radius 2 is 2.24 bits per heavy atom. The Bertz CT molecular complexity index is 1070. The number of halogens is 2. The Morgan fingerprint density at radius 1 is 1.41 bits per heavy atom. The van der Waals surface area contributed by atoms with Gasteiger partial charge in [0.1, 0.15) is 5.65 Å². The maximum atomic E-state index is 14.4. The average Bonchev–Trinajstić information content (AvgIpc) is 3.12. The highest BCUT2D eigenvalue weighted by Gasteiger charge is 2.39. The van der Waals surface area contributed by atoms with Gasteiger partial charge in [0, 0.05) is 29.4 Å². The number of methoxy groups -OCH3 is 1. The number of aromatic nitrogens is 4. The number of hydrogen-bond acceptors (Lipinski definition) is 6. The molecular weight excluding hydrogens is 397 g/mol. The first-order valence-corrected chi connectivity index (χ1v) is 9.78. The summed E-state index contributed by atoms with van der Waals surface area (Å²) in [5.41, 5.74) is 0.741. The average molecular weight is 418 g/mol. The summed E-state index contributed by atoms with van der Waals surface area (Å²) in [5, 5.41) is 4.40. The van der Waals surface area contributed by atoms with Crippen molar-refractivity contribution < 1.29 is 13.9 Å². The van der Waals surface area contributed by atoms with E-state index < -0.39 is 11.2 Å². The van der Waals surface area contributed by atoms with Gasteiger partial charge in [-0.15, -0.1) is 0 Å². The van der Waals surface area contributed by atoms with Gasteiger partial charge in [-0.1, -0.05) is 18.0 Å². The minimum atomic E-state index is -0.587. The monoisotopic (exact) mass is 417 g/mol. The molecule has 152 valence electrons. The highest BCUT2D eigenvalue weighted by molar-refractivity contribution is 6.31. The van der Waals surface area contributed by atoms with Crippen molar-refractivity contribution in [2.45, 2.75) is 38.6 Å². The standard InChI is InChI=1S/C20H21ClFN5O2/c1-20(19(28)29-2)5-3-4-12(7-20)26-18-15(22)10-25-17(27-18)14-9-24-16-13(14)6-11(21)8-23-16/h6,8-10,12H,3-5,7H2,1-2H3,(H,23,24)(H,25,26,27). The molecule has 2 N–H and O–H groups in total. The summed E-state index contributed by atoms with van der Waals surface area (Å²) in [4.78, 5) is 27.9. The van der Waals surface area contributed by atoms with Gasteiger partial charge in [0.25, 0.3) is 0 Å². The first-order valence-electron chi connectivity index (χ1n) is 9.40. The van der Waals surface area contributed by atoms with Crippen molar-refractivity contribution in [1.82, 2.24) is 19.9 Å². The molecule has 3 heterocycles. The normalized spacial score (nSPS) is 21.9. The first kappa shape index (κ1) is 19.6. The molecule has 29 heavy (non-hydrogen) atoms. The van der Waals surface area contributed by atoms with Crippen molar-refractivity contribution in [3.05, 3.63) is 35.5 Å². The molecule has 0 bridgehead atoms. The smallest absolute Gasteiger partial charge is 0.311 e. The molecule has 0 saturated heterocycles. The van der Waals surface area contributed by atoms with E-state index in [4.69, 9.17) is 16.3 Å². The van der Waals surface area contributed by atoms with Crippen LogP contribution >= 0.6 is 11.6 Å². The van der Waals surface area contributed by atoms with Crippen LogP contribution in [0.25, 0.3) is 22.4 Å². The van der Waals surface area contributed by atoms with Crippen LogP contribution < -0.4 is 5.32 Å². The zero-order valence-electron chi connectivity index (χ0n) is 16.1. The molecule has 0 aromatic carbocycles. The van der Waals surface area contributed by atoms with E-state index in [1.807, 2.05) is 6.92 Å². The lowest BCUT2D eigenvalue weighted by molar-refractivity contribution is -0.153. The van der Waals surface area contributed by atoms with E-state index >= 15 is 0 Å². The van der Waals surface area contributed by atoms with E-state index in [1.165, 1.54) is 7.11 Å². The SMILES string of the molecule is COC(=O)C1(C)CCCC(Nc2nc(-c3c[nH]c4ncc(Cl)cc34)ncc2F)C1. The zero-order chi connectivity index (χ0) is 20.6. The fourth-order valence-electron chi connectivity index (χ4n) is 4.00. The second kappa shape index (κ2) is 7.59. The van der Waals surface area contributed by atoms with Gasteiger partial charge < -0.3 is 15.0 Å². The largest absolute Gasteiger partial charge is 0.469 e.